The van der Waals surface area contributed by atoms with Crippen molar-refractivity contribution in [3.8, 4) is 17.1 Å². The van der Waals surface area contributed by atoms with Gasteiger partial charge in [0.2, 0.25) is 0 Å². The predicted octanol–water partition coefficient (Wildman–Crippen LogP) is 3.19. The summed E-state index contributed by atoms with van der Waals surface area (Å²) in [5.41, 5.74) is 3.22. The van der Waals surface area contributed by atoms with Gasteiger partial charge in [-0.25, -0.2) is 4.79 Å². The lowest BCUT2D eigenvalue weighted by atomic mass is 9.82. The van der Waals surface area contributed by atoms with Gasteiger partial charge < -0.3 is 14.0 Å². The van der Waals surface area contributed by atoms with Crippen LogP contribution >= 0.6 is 0 Å². The predicted molar refractivity (Wildman–Crippen MR) is 76.6 cm³/mol. The maximum atomic E-state index is 12.0. The zero-order chi connectivity index (χ0) is 15.0. The van der Waals surface area contributed by atoms with Crippen LogP contribution in [0.15, 0.2) is 22.7 Å². The first kappa shape index (κ1) is 13.7. The molecule has 21 heavy (non-hydrogen) atoms. The van der Waals surface area contributed by atoms with E-state index in [0.29, 0.717) is 18.8 Å². The van der Waals surface area contributed by atoms with Crippen LogP contribution in [0.4, 0.5) is 0 Å². The van der Waals surface area contributed by atoms with Crippen LogP contribution in [0.5, 0.6) is 5.75 Å². The summed E-state index contributed by atoms with van der Waals surface area (Å²) in [7, 11) is 1.62. The molecular weight excluding hydrogens is 270 g/mol. The van der Waals surface area contributed by atoms with Gasteiger partial charge in [0, 0.05) is 11.1 Å². The number of methoxy groups -OCH3 is 1. The van der Waals surface area contributed by atoms with E-state index < -0.39 is 5.97 Å². The molecule has 5 nitrogen and oxygen atoms in total. The zero-order valence-electron chi connectivity index (χ0n) is 12.3. The van der Waals surface area contributed by atoms with Crippen LogP contribution in [0.1, 0.15) is 41.4 Å². The largest absolute Gasteiger partial charge is 0.497 e. The number of carbonyl (C=O) groups is 1. The van der Waals surface area contributed by atoms with Crippen LogP contribution in [0.3, 0.4) is 0 Å². The van der Waals surface area contributed by atoms with Crippen LogP contribution in [-0.2, 0) is 11.2 Å². The Kier molecular flexibility index (Phi) is 3.41. The molecule has 0 fully saturated rings. The molecule has 0 amide bonds. The second-order valence-corrected chi connectivity index (χ2v) is 5.12. The molecule has 1 aromatic heterocycles. The van der Waals surface area contributed by atoms with E-state index in [0.717, 1.165) is 16.9 Å². The number of fused-ring (bicyclic) bond motifs is 3. The summed E-state index contributed by atoms with van der Waals surface area (Å²) in [4.78, 5) is 12.0. The van der Waals surface area contributed by atoms with Gasteiger partial charge in [-0.1, -0.05) is 18.1 Å². The SMILES string of the molecule is CCOC(=O)c1noc2c1CC(C)c1ccc(OC)cc1-2. The van der Waals surface area contributed by atoms with Gasteiger partial charge in [0.15, 0.2) is 11.5 Å². The fourth-order valence-electron chi connectivity index (χ4n) is 2.77. The number of rotatable bonds is 3. The molecule has 0 saturated carbocycles. The lowest BCUT2D eigenvalue weighted by Gasteiger charge is -2.21. The first-order chi connectivity index (χ1) is 10.2. The van der Waals surface area contributed by atoms with Crippen LogP contribution < -0.4 is 4.74 Å². The van der Waals surface area contributed by atoms with Crippen molar-refractivity contribution < 1.29 is 18.8 Å². The number of ether oxygens (including phenoxy) is 2. The Bertz CT molecular complexity index is 690. The molecule has 110 valence electrons. The summed E-state index contributed by atoms with van der Waals surface area (Å²) in [6.07, 6.45) is 0.715. The summed E-state index contributed by atoms with van der Waals surface area (Å²) in [5.74, 6) is 1.25. The number of nitrogens with zero attached hydrogens (tertiary/aromatic N) is 1. The van der Waals surface area contributed by atoms with Gasteiger partial charge in [0.05, 0.1) is 13.7 Å². The van der Waals surface area contributed by atoms with E-state index in [1.807, 2.05) is 18.2 Å². The molecule has 1 aliphatic rings. The summed E-state index contributed by atoms with van der Waals surface area (Å²) in [6, 6.07) is 5.89. The van der Waals surface area contributed by atoms with E-state index in [1.165, 1.54) is 5.56 Å². The molecule has 1 atom stereocenters. The molecule has 0 N–H and O–H groups in total. The third kappa shape index (κ3) is 2.18. The van der Waals surface area contributed by atoms with E-state index in [-0.39, 0.29) is 11.6 Å². The van der Waals surface area contributed by atoms with Crippen LogP contribution in [0, 0.1) is 0 Å². The topological polar surface area (TPSA) is 61.6 Å². The number of hydrogen-bond acceptors (Lipinski definition) is 5. The quantitative estimate of drug-likeness (QED) is 0.811. The molecule has 0 radical (unpaired) electrons. The van der Waals surface area contributed by atoms with E-state index in [2.05, 4.69) is 12.1 Å². The number of esters is 1. The van der Waals surface area contributed by atoms with Gasteiger partial charge in [-0.15, -0.1) is 0 Å². The first-order valence-electron chi connectivity index (χ1n) is 6.99. The first-order valence-corrected chi connectivity index (χ1v) is 6.99. The van der Waals surface area contributed by atoms with Gasteiger partial charge >= 0.3 is 5.97 Å². The molecule has 0 saturated heterocycles. The van der Waals surface area contributed by atoms with Crippen molar-refractivity contribution >= 4 is 5.97 Å². The Labute approximate surface area is 122 Å². The molecule has 0 bridgehead atoms. The molecule has 2 aromatic rings. The molecule has 3 rings (SSSR count). The van der Waals surface area contributed by atoms with Crippen LogP contribution in [-0.4, -0.2) is 24.8 Å². The van der Waals surface area contributed by atoms with Crippen molar-refractivity contribution in [1.29, 1.82) is 0 Å². The van der Waals surface area contributed by atoms with E-state index in [4.69, 9.17) is 14.0 Å². The Morgan fingerprint density at radius 1 is 1.48 bits per heavy atom. The van der Waals surface area contributed by atoms with E-state index >= 15 is 0 Å². The number of aromatic nitrogens is 1. The van der Waals surface area contributed by atoms with Gasteiger partial charge in [-0.3, -0.25) is 0 Å². The van der Waals surface area contributed by atoms with Gasteiger partial charge in [0.1, 0.15) is 5.75 Å². The standard InChI is InChI=1S/C16H17NO4/c1-4-20-16(18)14-13-7-9(2)11-6-5-10(19-3)8-12(11)15(13)21-17-14/h5-6,8-9H,4,7H2,1-3H3. The number of hydrogen-bond donors (Lipinski definition) is 0. The highest BCUT2D eigenvalue weighted by molar-refractivity contribution is 5.91. The van der Waals surface area contributed by atoms with Gasteiger partial charge in [-0.2, -0.15) is 0 Å². The maximum Gasteiger partial charge on any atom is 0.360 e. The van der Waals surface area contributed by atoms with Crippen molar-refractivity contribution in [3.63, 3.8) is 0 Å². The molecule has 1 unspecified atom stereocenters. The lowest BCUT2D eigenvalue weighted by Crippen LogP contribution is -2.13. The number of carbonyl (C=O) groups excluding carboxylic acids is 1. The monoisotopic (exact) mass is 287 g/mol. The Morgan fingerprint density at radius 2 is 2.29 bits per heavy atom. The van der Waals surface area contributed by atoms with Crippen molar-refractivity contribution in [2.45, 2.75) is 26.2 Å². The van der Waals surface area contributed by atoms with Crippen molar-refractivity contribution in [1.82, 2.24) is 5.16 Å². The second-order valence-electron chi connectivity index (χ2n) is 5.12. The van der Waals surface area contributed by atoms with Crippen LogP contribution in [0.25, 0.3) is 11.3 Å². The second kappa shape index (κ2) is 5.24. The number of benzene rings is 1. The normalized spacial score (nSPS) is 16.0. The van der Waals surface area contributed by atoms with Crippen molar-refractivity contribution in [2.75, 3.05) is 13.7 Å². The van der Waals surface area contributed by atoms with E-state index in [9.17, 15) is 4.79 Å². The minimum atomic E-state index is -0.430. The highest BCUT2D eigenvalue weighted by Gasteiger charge is 2.31. The third-order valence-corrected chi connectivity index (χ3v) is 3.80. The molecule has 1 heterocycles. The molecular formula is C16H17NO4. The highest BCUT2D eigenvalue weighted by Crippen LogP contribution is 2.42. The lowest BCUT2D eigenvalue weighted by molar-refractivity contribution is 0.0513. The average molecular weight is 287 g/mol. The summed E-state index contributed by atoms with van der Waals surface area (Å²) in [5, 5.41) is 3.91. The van der Waals surface area contributed by atoms with Gasteiger partial charge in [-0.05, 0) is 37.0 Å². The summed E-state index contributed by atoms with van der Waals surface area (Å²) < 4.78 is 15.7. The summed E-state index contributed by atoms with van der Waals surface area (Å²) in [6.45, 7) is 4.21. The molecule has 1 aromatic carbocycles. The molecule has 1 aliphatic carbocycles. The fourth-order valence-corrected chi connectivity index (χ4v) is 2.77. The Balaban J connectivity index is 2.12. The van der Waals surface area contributed by atoms with Gasteiger partial charge in [0.25, 0.3) is 0 Å². The maximum absolute atomic E-state index is 12.0. The minimum absolute atomic E-state index is 0.283. The highest BCUT2D eigenvalue weighted by atomic mass is 16.5. The van der Waals surface area contributed by atoms with Crippen molar-refractivity contribution in [2.24, 2.45) is 0 Å². The fraction of sp³-hybridized carbons (Fsp3) is 0.375. The summed E-state index contributed by atoms with van der Waals surface area (Å²) >= 11 is 0. The zero-order valence-corrected chi connectivity index (χ0v) is 12.3. The molecule has 0 aliphatic heterocycles. The third-order valence-electron chi connectivity index (χ3n) is 3.80. The average Bonchev–Trinajstić information content (AvgIpc) is 2.91. The van der Waals surface area contributed by atoms with Crippen LogP contribution in [0.2, 0.25) is 0 Å². The van der Waals surface area contributed by atoms with Crippen molar-refractivity contribution in [3.05, 3.63) is 35.0 Å². The molecule has 0 spiro atoms. The van der Waals surface area contributed by atoms with E-state index in [1.54, 1.807) is 14.0 Å². The smallest absolute Gasteiger partial charge is 0.360 e. The minimum Gasteiger partial charge on any atom is -0.497 e. The molecule has 5 heteroatoms. The Hall–Kier alpha value is -2.30. The Morgan fingerprint density at radius 3 is 3.00 bits per heavy atom.